The van der Waals surface area contributed by atoms with Gasteiger partial charge in [0.15, 0.2) is 5.11 Å². The van der Waals surface area contributed by atoms with Crippen molar-refractivity contribution in [3.63, 3.8) is 0 Å². The minimum Gasteiger partial charge on any atom is -0.478 e. The fraction of sp³-hybridized carbons (Fsp3) is 0.207. The van der Waals surface area contributed by atoms with Crippen molar-refractivity contribution in [2.45, 2.75) is 25.4 Å². The predicted octanol–water partition coefficient (Wildman–Crippen LogP) is 5.82. The van der Waals surface area contributed by atoms with Gasteiger partial charge in [-0.05, 0) is 79.7 Å². The first-order chi connectivity index (χ1) is 18.0. The van der Waals surface area contributed by atoms with E-state index in [2.05, 4.69) is 32.7 Å². The van der Waals surface area contributed by atoms with E-state index in [1.54, 1.807) is 24.4 Å². The molecule has 1 saturated heterocycles. The van der Waals surface area contributed by atoms with Gasteiger partial charge in [0.05, 0.1) is 17.3 Å². The average Bonchev–Trinajstić information content (AvgIpc) is 3.52. The van der Waals surface area contributed by atoms with E-state index in [1.807, 2.05) is 55.5 Å². The third-order valence-electron chi connectivity index (χ3n) is 6.53. The standard InChI is InChI=1S/C29H28N4O3S/c1-19-18-20(28(34)35)11-12-22(19)24-13-14-25(36-24)27-26(23-10-5-6-15-31-23)32-29(37)33(27)17-7-16-30-21-8-3-2-4-9-21/h2-6,8-15,18,26-27,30H,7,16-17H2,1H3,(H,32,37)(H,34,35)/t26-,27-/m1/s1. The molecule has 1 fully saturated rings. The second kappa shape index (κ2) is 10.8. The lowest BCUT2D eigenvalue weighted by Crippen LogP contribution is -2.31. The molecule has 5 rings (SSSR count). The fourth-order valence-corrected chi connectivity index (χ4v) is 5.05. The molecule has 3 N–H and O–H groups in total. The zero-order valence-corrected chi connectivity index (χ0v) is 21.2. The van der Waals surface area contributed by atoms with Crippen LogP contribution >= 0.6 is 12.2 Å². The second-order valence-corrected chi connectivity index (χ2v) is 9.39. The van der Waals surface area contributed by atoms with E-state index in [4.69, 9.17) is 16.6 Å². The van der Waals surface area contributed by atoms with Gasteiger partial charge in [-0.15, -0.1) is 0 Å². The molecular weight excluding hydrogens is 484 g/mol. The van der Waals surface area contributed by atoms with Gasteiger partial charge in [-0.25, -0.2) is 4.79 Å². The molecule has 1 aliphatic heterocycles. The summed E-state index contributed by atoms with van der Waals surface area (Å²) in [5.74, 6) is 0.513. The summed E-state index contributed by atoms with van der Waals surface area (Å²) in [6, 6.07) is 24.6. The molecule has 0 unspecified atom stereocenters. The molecule has 37 heavy (non-hydrogen) atoms. The van der Waals surface area contributed by atoms with Crippen LogP contribution in [0.3, 0.4) is 0 Å². The number of nitrogens with one attached hydrogen (secondary N) is 2. The number of aromatic nitrogens is 1. The smallest absolute Gasteiger partial charge is 0.335 e. The summed E-state index contributed by atoms with van der Waals surface area (Å²) < 4.78 is 6.41. The number of hydrogen-bond donors (Lipinski definition) is 3. The lowest BCUT2D eigenvalue weighted by molar-refractivity contribution is 0.0696. The lowest BCUT2D eigenvalue weighted by Gasteiger charge is -2.26. The summed E-state index contributed by atoms with van der Waals surface area (Å²) in [5, 5.41) is 16.9. The highest BCUT2D eigenvalue weighted by Gasteiger charge is 2.41. The molecule has 0 bridgehead atoms. The van der Waals surface area contributed by atoms with Gasteiger partial charge in [-0.2, -0.15) is 0 Å². The Kier molecular flexibility index (Phi) is 7.18. The molecule has 0 amide bonds. The number of pyridine rings is 1. The number of carboxylic acid groups (broad SMARTS) is 1. The molecule has 0 saturated carbocycles. The van der Waals surface area contributed by atoms with E-state index in [0.717, 1.165) is 47.8 Å². The van der Waals surface area contributed by atoms with E-state index in [9.17, 15) is 9.90 Å². The van der Waals surface area contributed by atoms with Crippen LogP contribution in [0.15, 0.2) is 89.5 Å². The molecule has 0 spiro atoms. The first kappa shape index (κ1) is 24.5. The van der Waals surface area contributed by atoms with E-state index < -0.39 is 5.97 Å². The molecule has 3 heterocycles. The summed E-state index contributed by atoms with van der Waals surface area (Å²) in [5.41, 5.74) is 3.93. The van der Waals surface area contributed by atoms with Crippen molar-refractivity contribution in [1.82, 2.24) is 15.2 Å². The van der Waals surface area contributed by atoms with Crippen LogP contribution in [-0.4, -0.2) is 39.2 Å². The number of carbonyl (C=O) groups is 1. The van der Waals surface area contributed by atoms with Crippen LogP contribution in [0.4, 0.5) is 5.69 Å². The Balaban J connectivity index is 1.40. The van der Waals surface area contributed by atoms with Crippen LogP contribution in [0.1, 0.15) is 45.9 Å². The highest BCUT2D eigenvalue weighted by molar-refractivity contribution is 7.80. The summed E-state index contributed by atoms with van der Waals surface area (Å²) in [6.07, 6.45) is 2.66. The minimum atomic E-state index is -0.948. The molecule has 2 atom stereocenters. The number of nitrogens with zero attached hydrogens (tertiary/aromatic N) is 2. The van der Waals surface area contributed by atoms with Crippen molar-refractivity contribution in [2.75, 3.05) is 18.4 Å². The summed E-state index contributed by atoms with van der Waals surface area (Å²) in [4.78, 5) is 18.1. The summed E-state index contributed by atoms with van der Waals surface area (Å²) in [7, 11) is 0. The van der Waals surface area contributed by atoms with Gasteiger partial charge in [0.25, 0.3) is 0 Å². The molecule has 188 valence electrons. The van der Waals surface area contributed by atoms with Crippen molar-refractivity contribution in [2.24, 2.45) is 0 Å². The minimum absolute atomic E-state index is 0.162. The Morgan fingerprint density at radius 3 is 2.65 bits per heavy atom. The molecule has 0 aliphatic carbocycles. The third-order valence-corrected chi connectivity index (χ3v) is 6.89. The van der Waals surface area contributed by atoms with Gasteiger partial charge in [-0.1, -0.05) is 30.3 Å². The van der Waals surface area contributed by atoms with Gasteiger partial charge in [-0.3, -0.25) is 4.98 Å². The first-order valence-electron chi connectivity index (χ1n) is 12.2. The highest BCUT2D eigenvalue weighted by atomic mass is 32.1. The number of hydrogen-bond acceptors (Lipinski definition) is 5. The van der Waals surface area contributed by atoms with Crippen LogP contribution in [0.2, 0.25) is 0 Å². The molecular formula is C29H28N4O3S. The van der Waals surface area contributed by atoms with E-state index in [0.29, 0.717) is 10.9 Å². The van der Waals surface area contributed by atoms with Crippen LogP contribution in [0.5, 0.6) is 0 Å². The second-order valence-electron chi connectivity index (χ2n) is 9.00. The third kappa shape index (κ3) is 5.34. The maximum Gasteiger partial charge on any atom is 0.335 e. The number of benzene rings is 2. The Morgan fingerprint density at radius 2 is 1.92 bits per heavy atom. The van der Waals surface area contributed by atoms with E-state index in [-0.39, 0.29) is 17.6 Å². The number of furan rings is 1. The molecule has 8 heteroatoms. The lowest BCUT2D eigenvalue weighted by atomic mass is 10.0. The molecule has 7 nitrogen and oxygen atoms in total. The van der Waals surface area contributed by atoms with Gasteiger partial charge in [0.1, 0.15) is 17.6 Å². The van der Waals surface area contributed by atoms with Gasteiger partial charge < -0.3 is 25.1 Å². The molecule has 2 aromatic carbocycles. The zero-order valence-electron chi connectivity index (χ0n) is 20.4. The summed E-state index contributed by atoms with van der Waals surface area (Å²) in [6.45, 7) is 3.43. The molecule has 1 aliphatic rings. The Labute approximate surface area is 221 Å². The highest BCUT2D eigenvalue weighted by Crippen LogP contribution is 2.40. The van der Waals surface area contributed by atoms with Crippen LogP contribution < -0.4 is 10.6 Å². The number of carboxylic acids is 1. The van der Waals surface area contributed by atoms with Crippen LogP contribution in [-0.2, 0) is 0 Å². The largest absolute Gasteiger partial charge is 0.478 e. The van der Waals surface area contributed by atoms with Crippen LogP contribution in [0, 0.1) is 6.92 Å². The predicted molar refractivity (Wildman–Crippen MR) is 148 cm³/mol. The topological polar surface area (TPSA) is 90.6 Å². The SMILES string of the molecule is Cc1cc(C(=O)O)ccc1-c1ccc([C@@H]2[C@@H](c3ccccn3)NC(=S)N2CCCNc2ccccc2)o1. The maximum absolute atomic E-state index is 11.3. The number of thiocarbonyl (C=S) groups is 1. The van der Waals surface area contributed by atoms with Crippen molar-refractivity contribution >= 4 is 29.0 Å². The fourth-order valence-electron chi connectivity index (χ4n) is 4.72. The molecule has 2 aromatic heterocycles. The number of aryl methyl sites for hydroxylation is 1. The molecule has 4 aromatic rings. The number of aromatic carboxylic acids is 1. The Morgan fingerprint density at radius 1 is 1.11 bits per heavy atom. The van der Waals surface area contributed by atoms with E-state index in [1.165, 1.54) is 0 Å². The number of rotatable bonds is 9. The van der Waals surface area contributed by atoms with Gasteiger partial charge in [0.2, 0.25) is 0 Å². The number of anilines is 1. The Hall–Kier alpha value is -4.17. The van der Waals surface area contributed by atoms with Crippen molar-refractivity contribution in [3.8, 4) is 11.3 Å². The first-order valence-corrected chi connectivity index (χ1v) is 12.6. The maximum atomic E-state index is 11.3. The Bertz CT molecular complexity index is 1390. The van der Waals surface area contributed by atoms with Gasteiger partial charge >= 0.3 is 5.97 Å². The van der Waals surface area contributed by atoms with Crippen molar-refractivity contribution in [3.05, 3.63) is 108 Å². The average molecular weight is 513 g/mol. The number of para-hydroxylation sites is 1. The van der Waals surface area contributed by atoms with Crippen molar-refractivity contribution in [1.29, 1.82) is 0 Å². The van der Waals surface area contributed by atoms with Crippen LogP contribution in [0.25, 0.3) is 11.3 Å². The van der Waals surface area contributed by atoms with Gasteiger partial charge in [0, 0.05) is 30.5 Å². The normalized spacial score (nSPS) is 17.0. The van der Waals surface area contributed by atoms with Crippen molar-refractivity contribution < 1.29 is 14.3 Å². The summed E-state index contributed by atoms with van der Waals surface area (Å²) >= 11 is 5.77. The molecule has 0 radical (unpaired) electrons. The quantitative estimate of drug-likeness (QED) is 0.191. The zero-order chi connectivity index (χ0) is 25.8. The van der Waals surface area contributed by atoms with E-state index >= 15 is 0 Å². The monoisotopic (exact) mass is 512 g/mol.